The van der Waals surface area contributed by atoms with Crippen LogP contribution < -0.4 is 5.32 Å². The van der Waals surface area contributed by atoms with Crippen molar-refractivity contribution in [1.29, 1.82) is 0 Å². The summed E-state index contributed by atoms with van der Waals surface area (Å²) in [7, 11) is -3.83. The molecule has 0 unspecified atom stereocenters. The van der Waals surface area contributed by atoms with Crippen molar-refractivity contribution < 1.29 is 8.42 Å². The summed E-state index contributed by atoms with van der Waals surface area (Å²) in [4.78, 5) is 11.7. The summed E-state index contributed by atoms with van der Waals surface area (Å²) in [6, 6.07) is 2.35. The highest BCUT2D eigenvalue weighted by molar-refractivity contribution is 7.91. The summed E-state index contributed by atoms with van der Waals surface area (Å²) in [5.74, 6) is 0.264. The average molecular weight is 382 g/mol. The van der Waals surface area contributed by atoms with Crippen LogP contribution in [0.1, 0.15) is 35.1 Å². The highest BCUT2D eigenvalue weighted by atomic mass is 32.2. The molecule has 3 aromatic rings. The maximum absolute atomic E-state index is 12.6. The molecule has 0 saturated carbocycles. The number of nitrogens with zero attached hydrogens (tertiary/aromatic N) is 4. The molecule has 5 rings (SSSR count). The van der Waals surface area contributed by atoms with Crippen LogP contribution in [0.15, 0.2) is 34.8 Å². The van der Waals surface area contributed by atoms with Crippen molar-refractivity contribution in [2.24, 2.45) is 0 Å². The minimum Gasteiger partial charge on any atom is -0.322 e. The molecule has 2 aliphatic rings. The largest absolute Gasteiger partial charge is 0.322 e. The van der Waals surface area contributed by atoms with Crippen LogP contribution in [0.3, 0.4) is 0 Å². The van der Waals surface area contributed by atoms with E-state index < -0.39 is 9.84 Å². The molecule has 0 atom stereocenters. The lowest BCUT2D eigenvalue weighted by atomic mass is 9.99. The predicted molar refractivity (Wildman–Crippen MR) is 97.6 cm³/mol. The first kappa shape index (κ1) is 16.4. The molecule has 27 heavy (non-hydrogen) atoms. The smallest absolute Gasteiger partial charge is 0.249 e. The molecule has 0 radical (unpaired) electrons. The van der Waals surface area contributed by atoms with Gasteiger partial charge in [0, 0.05) is 18.1 Å². The second kappa shape index (κ2) is 6.12. The van der Waals surface area contributed by atoms with E-state index in [1.807, 2.05) is 0 Å². The molecule has 0 amide bonds. The number of aromatic amines is 1. The summed E-state index contributed by atoms with van der Waals surface area (Å²) >= 11 is 0. The number of benzene rings is 1. The zero-order chi connectivity index (χ0) is 18.4. The van der Waals surface area contributed by atoms with E-state index in [0.29, 0.717) is 0 Å². The Hall–Kier alpha value is -2.81. The number of aromatic nitrogens is 5. The maximum atomic E-state index is 12.6. The fourth-order valence-electron chi connectivity index (χ4n) is 4.04. The van der Waals surface area contributed by atoms with Gasteiger partial charge in [-0.2, -0.15) is 4.98 Å². The summed E-state index contributed by atoms with van der Waals surface area (Å²) in [5, 5.41) is 9.70. The van der Waals surface area contributed by atoms with E-state index in [-0.39, 0.29) is 16.0 Å². The van der Waals surface area contributed by atoms with Crippen LogP contribution in [0.2, 0.25) is 0 Å². The van der Waals surface area contributed by atoms with Crippen molar-refractivity contribution in [2.75, 3.05) is 5.32 Å². The molecule has 2 heterocycles. The van der Waals surface area contributed by atoms with Gasteiger partial charge in [0.05, 0.1) is 0 Å². The number of hydrogen-bond donors (Lipinski definition) is 2. The Kier molecular flexibility index (Phi) is 3.71. The molecule has 0 fully saturated rings. The molecule has 1 aromatic carbocycles. The molecular weight excluding hydrogens is 364 g/mol. The van der Waals surface area contributed by atoms with Crippen LogP contribution in [-0.4, -0.2) is 33.6 Å². The Labute approximate surface area is 156 Å². The van der Waals surface area contributed by atoms with E-state index in [4.69, 9.17) is 0 Å². The van der Waals surface area contributed by atoms with Crippen LogP contribution in [0.4, 0.5) is 11.6 Å². The Bertz CT molecular complexity index is 1090. The third-order valence-corrected chi connectivity index (χ3v) is 6.80. The third kappa shape index (κ3) is 2.69. The fourth-order valence-corrected chi connectivity index (χ4v) is 5.03. The van der Waals surface area contributed by atoms with Gasteiger partial charge in [-0.3, -0.25) is 0 Å². The van der Waals surface area contributed by atoms with Gasteiger partial charge in [0.25, 0.3) is 0 Å². The second-order valence-electron chi connectivity index (χ2n) is 6.90. The lowest BCUT2D eigenvalue weighted by molar-refractivity contribution is 0.587. The lowest BCUT2D eigenvalue weighted by Crippen LogP contribution is -2.06. The lowest BCUT2D eigenvalue weighted by Gasteiger charge is -2.15. The number of sulfone groups is 1. The van der Waals surface area contributed by atoms with Crippen LogP contribution in [0.25, 0.3) is 0 Å². The zero-order valence-corrected chi connectivity index (χ0v) is 15.4. The molecule has 0 aliphatic heterocycles. The van der Waals surface area contributed by atoms with Crippen molar-refractivity contribution in [3.63, 3.8) is 0 Å². The SMILES string of the molecule is O=S(=O)(c1cncnc1)c1nc(Nc2c3c(cc4c2CCC4)CCC3)n[nH]1. The minimum absolute atomic E-state index is 0.0193. The van der Waals surface area contributed by atoms with Crippen molar-refractivity contribution in [3.8, 4) is 0 Å². The van der Waals surface area contributed by atoms with E-state index in [0.717, 1.165) is 44.2 Å². The van der Waals surface area contributed by atoms with Crippen molar-refractivity contribution in [2.45, 2.75) is 48.6 Å². The summed E-state index contributed by atoms with van der Waals surface area (Å²) in [6.07, 6.45) is 10.3. The van der Waals surface area contributed by atoms with Crippen LogP contribution in [0, 0.1) is 0 Å². The van der Waals surface area contributed by atoms with Gasteiger partial charge in [0.1, 0.15) is 11.2 Å². The first-order valence-electron chi connectivity index (χ1n) is 8.99. The highest BCUT2D eigenvalue weighted by Gasteiger charge is 2.26. The third-order valence-electron chi connectivity index (χ3n) is 5.28. The summed E-state index contributed by atoms with van der Waals surface area (Å²) < 4.78 is 25.3. The van der Waals surface area contributed by atoms with Crippen molar-refractivity contribution in [1.82, 2.24) is 25.1 Å². The quantitative estimate of drug-likeness (QED) is 0.711. The molecular formula is C18H18N6O2S. The number of fused-ring (bicyclic) bond motifs is 2. The number of H-pyrrole nitrogens is 1. The average Bonchev–Trinajstić information content (AvgIpc) is 3.42. The number of rotatable bonds is 4. The first-order chi connectivity index (χ1) is 13.1. The molecule has 0 saturated heterocycles. The van der Waals surface area contributed by atoms with Crippen LogP contribution in [-0.2, 0) is 35.5 Å². The van der Waals surface area contributed by atoms with Crippen molar-refractivity contribution >= 4 is 21.5 Å². The zero-order valence-electron chi connectivity index (χ0n) is 14.6. The normalized spacial score (nSPS) is 15.6. The molecule has 2 aliphatic carbocycles. The Morgan fingerprint density at radius 2 is 1.63 bits per heavy atom. The van der Waals surface area contributed by atoms with Gasteiger partial charge < -0.3 is 5.32 Å². The number of aryl methyl sites for hydroxylation is 2. The van der Waals surface area contributed by atoms with E-state index >= 15 is 0 Å². The predicted octanol–water partition coefficient (Wildman–Crippen LogP) is 2.15. The van der Waals surface area contributed by atoms with E-state index in [2.05, 4.69) is 36.5 Å². The summed E-state index contributed by atoms with van der Waals surface area (Å²) in [5.41, 5.74) is 6.50. The standard InChI is InChI=1S/C18H18N6O2S/c25-27(26,13-8-19-10-20-9-13)18-22-17(23-24-18)21-16-14-5-1-3-11(14)7-12-4-2-6-15(12)16/h7-10H,1-6H2,(H2,21,22,23,24). The van der Waals surface area contributed by atoms with Crippen LogP contribution in [0.5, 0.6) is 0 Å². The van der Waals surface area contributed by atoms with Crippen molar-refractivity contribution in [3.05, 3.63) is 47.0 Å². The minimum atomic E-state index is -3.83. The molecule has 138 valence electrons. The topological polar surface area (TPSA) is 114 Å². The second-order valence-corrected chi connectivity index (χ2v) is 8.77. The Morgan fingerprint density at radius 1 is 0.963 bits per heavy atom. The molecule has 8 nitrogen and oxygen atoms in total. The maximum Gasteiger partial charge on any atom is 0.249 e. The molecule has 0 spiro atoms. The van der Waals surface area contributed by atoms with Gasteiger partial charge in [-0.25, -0.2) is 23.5 Å². The molecule has 2 N–H and O–H groups in total. The van der Waals surface area contributed by atoms with Gasteiger partial charge in [-0.05, 0) is 60.8 Å². The van der Waals surface area contributed by atoms with Gasteiger partial charge in [-0.15, -0.1) is 5.10 Å². The molecule has 9 heteroatoms. The van der Waals surface area contributed by atoms with Gasteiger partial charge in [0.15, 0.2) is 0 Å². The number of nitrogens with one attached hydrogen (secondary N) is 2. The van der Waals surface area contributed by atoms with Gasteiger partial charge in [-0.1, -0.05) is 6.07 Å². The fraction of sp³-hybridized carbons (Fsp3) is 0.333. The van der Waals surface area contributed by atoms with Crippen LogP contribution >= 0.6 is 0 Å². The monoisotopic (exact) mass is 382 g/mol. The Balaban J connectivity index is 1.51. The summed E-state index contributed by atoms with van der Waals surface area (Å²) in [6.45, 7) is 0. The molecule has 2 aromatic heterocycles. The Morgan fingerprint density at radius 3 is 2.30 bits per heavy atom. The number of anilines is 2. The first-order valence-corrected chi connectivity index (χ1v) is 10.5. The van der Waals surface area contributed by atoms with E-state index in [1.54, 1.807) is 0 Å². The van der Waals surface area contributed by atoms with Gasteiger partial charge in [0.2, 0.25) is 20.9 Å². The van der Waals surface area contributed by atoms with Gasteiger partial charge >= 0.3 is 0 Å². The molecule has 0 bridgehead atoms. The highest BCUT2D eigenvalue weighted by Crippen LogP contribution is 2.39. The van der Waals surface area contributed by atoms with E-state index in [9.17, 15) is 8.42 Å². The van der Waals surface area contributed by atoms with E-state index in [1.165, 1.54) is 41.0 Å². The number of hydrogen-bond acceptors (Lipinski definition) is 7.